The predicted octanol–water partition coefficient (Wildman–Crippen LogP) is 13.1. The highest BCUT2D eigenvalue weighted by Crippen LogP contribution is 2.48. The molecule has 0 nitrogen and oxygen atoms in total. The first kappa shape index (κ1) is 29.8. The van der Waals surface area contributed by atoms with Crippen molar-refractivity contribution in [1.29, 1.82) is 0 Å². The van der Waals surface area contributed by atoms with Gasteiger partial charge in [0.05, 0.1) is 0 Å². The Kier molecular flexibility index (Phi) is 8.31. The molecule has 0 aliphatic carbocycles. The summed E-state index contributed by atoms with van der Waals surface area (Å²) in [5.74, 6) is 1.25. The van der Waals surface area contributed by atoms with E-state index >= 15 is 0 Å². The zero-order chi connectivity index (χ0) is 29.0. The first-order valence-electron chi connectivity index (χ1n) is 14.6. The molecule has 0 unspecified atom stereocenters. The summed E-state index contributed by atoms with van der Waals surface area (Å²) in [5.41, 5.74) is 3.52. The van der Waals surface area contributed by atoms with Crippen LogP contribution in [0.15, 0.2) is 36.4 Å². The van der Waals surface area contributed by atoms with Crippen LogP contribution >= 0.6 is 45.3 Å². The highest BCUT2D eigenvalue weighted by atomic mass is 32.1. The molecule has 0 amide bonds. The van der Waals surface area contributed by atoms with Gasteiger partial charge >= 0.3 is 0 Å². The van der Waals surface area contributed by atoms with Crippen molar-refractivity contribution in [2.75, 3.05) is 0 Å². The van der Waals surface area contributed by atoms with Crippen molar-refractivity contribution in [3.8, 4) is 9.75 Å². The highest BCUT2D eigenvalue weighted by molar-refractivity contribution is 7.26. The van der Waals surface area contributed by atoms with E-state index in [-0.39, 0.29) is 10.8 Å². The molecule has 0 fully saturated rings. The monoisotopic (exact) mass is 604 g/mol. The van der Waals surface area contributed by atoms with Crippen LogP contribution in [0.3, 0.4) is 0 Å². The number of hydrogen-bond acceptors (Lipinski definition) is 4. The summed E-state index contributed by atoms with van der Waals surface area (Å²) in [6, 6.07) is 14.2. The summed E-state index contributed by atoms with van der Waals surface area (Å²) in [4.78, 5) is 8.38. The zero-order valence-electron chi connectivity index (χ0n) is 25.8. The fraction of sp³-hybridized carbons (Fsp3) is 0.444. The number of rotatable bonds is 7. The first-order chi connectivity index (χ1) is 18.7. The molecule has 4 heteroatoms. The predicted molar refractivity (Wildman–Crippen MR) is 188 cm³/mol. The minimum absolute atomic E-state index is 0.171. The number of hydrogen-bond donors (Lipinski definition) is 0. The van der Waals surface area contributed by atoms with Gasteiger partial charge in [-0.05, 0) is 106 Å². The van der Waals surface area contributed by atoms with Crippen LogP contribution in [0, 0.1) is 11.8 Å². The van der Waals surface area contributed by atoms with E-state index in [2.05, 4.69) is 118 Å². The van der Waals surface area contributed by atoms with Crippen LogP contribution in [0.1, 0.15) is 99.9 Å². The molecular formula is C36H44S4. The Hall–Kier alpha value is -1.72. The van der Waals surface area contributed by atoms with Crippen molar-refractivity contribution in [3.63, 3.8) is 0 Å². The van der Waals surface area contributed by atoms with E-state index in [1.807, 2.05) is 45.3 Å². The van der Waals surface area contributed by atoms with E-state index in [4.69, 9.17) is 0 Å². The van der Waals surface area contributed by atoms with E-state index in [1.54, 1.807) is 11.1 Å². The Bertz CT molecular complexity index is 1600. The average Bonchev–Trinajstić information content (AvgIpc) is 3.62. The maximum absolute atomic E-state index is 2.53. The summed E-state index contributed by atoms with van der Waals surface area (Å²) < 4.78 is 3.05. The maximum atomic E-state index is 2.53. The molecule has 0 saturated carbocycles. The van der Waals surface area contributed by atoms with Gasteiger partial charge < -0.3 is 0 Å². The van der Waals surface area contributed by atoms with E-state index < -0.39 is 0 Å². The molecule has 0 saturated heterocycles. The second-order valence-corrected chi connectivity index (χ2v) is 18.4. The molecular weight excluding hydrogens is 561 g/mol. The average molecular weight is 605 g/mol. The number of benzene rings is 1. The maximum Gasteiger partial charge on any atom is 0.0455 e. The third-order valence-electron chi connectivity index (χ3n) is 7.27. The molecule has 0 atom stereocenters. The Balaban J connectivity index is 1.59. The van der Waals surface area contributed by atoms with Crippen LogP contribution < -0.4 is 0 Å². The third kappa shape index (κ3) is 6.21. The van der Waals surface area contributed by atoms with Gasteiger partial charge in [0, 0.05) is 38.7 Å². The van der Waals surface area contributed by atoms with Crippen molar-refractivity contribution < 1.29 is 0 Å². The molecule has 0 aliphatic rings. The fourth-order valence-electron chi connectivity index (χ4n) is 5.22. The van der Waals surface area contributed by atoms with E-state index in [0.29, 0.717) is 11.8 Å². The topological polar surface area (TPSA) is 0 Å². The van der Waals surface area contributed by atoms with Crippen LogP contribution in [0.2, 0.25) is 0 Å². The van der Waals surface area contributed by atoms with Gasteiger partial charge in [-0.15, -0.1) is 45.3 Å². The van der Waals surface area contributed by atoms with Crippen molar-refractivity contribution in [3.05, 3.63) is 67.0 Å². The second kappa shape index (κ2) is 11.2. The lowest BCUT2D eigenvalue weighted by atomic mass is 9.90. The molecule has 212 valence electrons. The molecule has 40 heavy (non-hydrogen) atoms. The molecule has 0 spiro atoms. The Morgan fingerprint density at radius 3 is 1.65 bits per heavy atom. The van der Waals surface area contributed by atoms with Gasteiger partial charge in [-0.1, -0.05) is 69.2 Å². The molecule has 1 aromatic carbocycles. The molecule has 5 aromatic rings. The molecule has 0 N–H and O–H groups in total. The quantitative estimate of drug-likeness (QED) is 0.173. The van der Waals surface area contributed by atoms with Gasteiger partial charge in [0.15, 0.2) is 0 Å². The van der Waals surface area contributed by atoms with E-state index in [1.165, 1.54) is 49.4 Å². The summed E-state index contributed by atoms with van der Waals surface area (Å²) in [6.45, 7) is 23.4. The smallest absolute Gasteiger partial charge is 0.0455 e. The van der Waals surface area contributed by atoms with Crippen LogP contribution in [0.25, 0.3) is 42.1 Å². The summed E-state index contributed by atoms with van der Waals surface area (Å²) in [7, 11) is 0. The Morgan fingerprint density at radius 1 is 0.575 bits per heavy atom. The molecule has 4 heterocycles. The summed E-state index contributed by atoms with van der Waals surface area (Å²) in [6.07, 6.45) is 6.83. The zero-order valence-corrected chi connectivity index (χ0v) is 29.1. The largest absolute Gasteiger partial charge is 0.140 e. The normalized spacial score (nSPS) is 13.3. The van der Waals surface area contributed by atoms with Gasteiger partial charge in [-0.25, -0.2) is 0 Å². The van der Waals surface area contributed by atoms with Gasteiger partial charge in [0.25, 0.3) is 0 Å². The molecule has 4 aromatic heterocycles. The SMILES string of the molecule is CC(C)Cc1c2cc(C(C)(C)C)sc2c(CC(C)C)c2cc(-c3ccc(/C=C/c4ccc(C(C)(C)C)s4)s3)sc12. The summed E-state index contributed by atoms with van der Waals surface area (Å²) in [5, 5.41) is 3.01. The molecule has 0 aliphatic heterocycles. The summed E-state index contributed by atoms with van der Waals surface area (Å²) >= 11 is 7.88. The van der Waals surface area contributed by atoms with Gasteiger partial charge in [0.1, 0.15) is 0 Å². The molecule has 0 bridgehead atoms. The van der Waals surface area contributed by atoms with Crippen molar-refractivity contribution in [2.24, 2.45) is 11.8 Å². The fourth-order valence-corrected chi connectivity index (χ4v) is 9.75. The van der Waals surface area contributed by atoms with E-state index in [9.17, 15) is 0 Å². The van der Waals surface area contributed by atoms with Crippen molar-refractivity contribution in [1.82, 2.24) is 0 Å². The standard InChI is InChI=1S/C36H44S4/c1-21(2)17-25-27-19-30(29-15-13-23(37-29)11-12-24-14-16-31(38-24)35(5,6)7)39-33(27)26(18-22(3)4)28-20-32(36(8,9)10)40-34(25)28/h11-16,19-22H,17-18H2,1-10H3/b12-11+. The van der Waals surface area contributed by atoms with Crippen LogP contribution in [0.4, 0.5) is 0 Å². The third-order valence-corrected chi connectivity index (χ3v) is 12.8. The van der Waals surface area contributed by atoms with Crippen LogP contribution in [0.5, 0.6) is 0 Å². The lowest BCUT2D eigenvalue weighted by Gasteiger charge is -2.15. The lowest BCUT2D eigenvalue weighted by Crippen LogP contribution is -2.07. The van der Waals surface area contributed by atoms with Crippen LogP contribution in [-0.4, -0.2) is 0 Å². The van der Waals surface area contributed by atoms with Gasteiger partial charge in [0.2, 0.25) is 0 Å². The Labute approximate surface area is 257 Å². The second-order valence-electron chi connectivity index (χ2n) is 14.1. The molecule has 0 radical (unpaired) electrons. The number of fused-ring (bicyclic) bond motifs is 2. The highest BCUT2D eigenvalue weighted by Gasteiger charge is 2.24. The number of thiophene rings is 4. The Morgan fingerprint density at radius 2 is 1.10 bits per heavy atom. The minimum Gasteiger partial charge on any atom is -0.140 e. The van der Waals surface area contributed by atoms with E-state index in [0.717, 1.165) is 12.8 Å². The minimum atomic E-state index is 0.171. The van der Waals surface area contributed by atoms with Crippen molar-refractivity contribution in [2.45, 2.75) is 92.9 Å². The van der Waals surface area contributed by atoms with Crippen molar-refractivity contribution >= 4 is 77.7 Å². The van der Waals surface area contributed by atoms with Gasteiger partial charge in [-0.3, -0.25) is 0 Å². The first-order valence-corrected chi connectivity index (χ1v) is 17.9. The molecule has 5 rings (SSSR count). The lowest BCUT2D eigenvalue weighted by molar-refractivity contribution is 0.604. The van der Waals surface area contributed by atoms with Gasteiger partial charge in [-0.2, -0.15) is 0 Å². The van der Waals surface area contributed by atoms with Crippen LogP contribution in [-0.2, 0) is 23.7 Å².